The molecular formula is C13H14N2O3. The number of ether oxygens (including phenoxy) is 1. The standard InChI is InChI=1S/C13H14N2O3/c1-9(16)12-11(13(17)18-2)8-15(14-12)10-6-4-3-5-7-10/h3-7,11H,8H2,1-2H3. The van der Waals surface area contributed by atoms with Gasteiger partial charge in [-0.2, -0.15) is 5.10 Å². The number of hydrazone groups is 1. The van der Waals surface area contributed by atoms with Gasteiger partial charge < -0.3 is 4.74 Å². The minimum atomic E-state index is -0.604. The van der Waals surface area contributed by atoms with E-state index in [1.54, 1.807) is 5.01 Å². The first-order valence-corrected chi connectivity index (χ1v) is 5.63. The third kappa shape index (κ3) is 2.25. The van der Waals surface area contributed by atoms with E-state index in [2.05, 4.69) is 5.10 Å². The molecule has 1 aromatic carbocycles. The van der Waals surface area contributed by atoms with Crippen molar-refractivity contribution in [3.63, 3.8) is 0 Å². The molecule has 2 rings (SSSR count). The van der Waals surface area contributed by atoms with Crippen LogP contribution in [-0.2, 0) is 14.3 Å². The van der Waals surface area contributed by atoms with Crippen molar-refractivity contribution in [3.05, 3.63) is 30.3 Å². The predicted octanol–water partition coefficient (Wildman–Crippen LogP) is 1.24. The summed E-state index contributed by atoms with van der Waals surface area (Å²) < 4.78 is 4.70. The van der Waals surface area contributed by atoms with Crippen molar-refractivity contribution >= 4 is 23.2 Å². The van der Waals surface area contributed by atoms with E-state index in [1.165, 1.54) is 14.0 Å². The molecule has 1 aliphatic rings. The van der Waals surface area contributed by atoms with Gasteiger partial charge in [0.05, 0.1) is 19.3 Å². The normalized spacial score (nSPS) is 18.4. The SMILES string of the molecule is COC(=O)C1CN(c2ccccc2)N=C1C(C)=O. The Bertz CT molecular complexity index is 496. The van der Waals surface area contributed by atoms with Crippen LogP contribution in [0.3, 0.4) is 0 Å². The molecule has 0 aliphatic carbocycles. The van der Waals surface area contributed by atoms with Crippen LogP contribution in [0.2, 0.25) is 0 Å². The van der Waals surface area contributed by atoms with E-state index in [4.69, 9.17) is 4.74 Å². The highest BCUT2D eigenvalue weighted by Crippen LogP contribution is 2.23. The number of methoxy groups -OCH3 is 1. The number of para-hydroxylation sites is 1. The van der Waals surface area contributed by atoms with Gasteiger partial charge in [0.2, 0.25) is 0 Å². The number of ketones is 1. The van der Waals surface area contributed by atoms with Crippen LogP contribution < -0.4 is 5.01 Å². The van der Waals surface area contributed by atoms with E-state index in [9.17, 15) is 9.59 Å². The highest BCUT2D eigenvalue weighted by atomic mass is 16.5. The molecule has 18 heavy (non-hydrogen) atoms. The first-order valence-electron chi connectivity index (χ1n) is 5.63. The Morgan fingerprint density at radius 2 is 2.00 bits per heavy atom. The van der Waals surface area contributed by atoms with Gasteiger partial charge in [-0.15, -0.1) is 0 Å². The molecule has 1 unspecified atom stereocenters. The van der Waals surface area contributed by atoms with Crippen LogP contribution in [0.4, 0.5) is 5.69 Å². The van der Waals surface area contributed by atoms with Crippen molar-refractivity contribution < 1.29 is 14.3 Å². The van der Waals surface area contributed by atoms with Crippen molar-refractivity contribution in [3.8, 4) is 0 Å². The highest BCUT2D eigenvalue weighted by Gasteiger charge is 2.36. The summed E-state index contributed by atoms with van der Waals surface area (Å²) in [6.07, 6.45) is 0. The zero-order valence-electron chi connectivity index (χ0n) is 10.3. The summed E-state index contributed by atoms with van der Waals surface area (Å²) >= 11 is 0. The number of anilines is 1. The number of nitrogens with zero attached hydrogens (tertiary/aromatic N) is 2. The van der Waals surface area contributed by atoms with Crippen LogP contribution in [0.1, 0.15) is 6.92 Å². The maximum Gasteiger partial charge on any atom is 0.316 e. The minimum Gasteiger partial charge on any atom is -0.468 e. The second kappa shape index (κ2) is 5.00. The summed E-state index contributed by atoms with van der Waals surface area (Å²) in [7, 11) is 1.31. The summed E-state index contributed by atoms with van der Waals surface area (Å²) in [5.74, 6) is -1.24. The van der Waals surface area contributed by atoms with Crippen LogP contribution in [0, 0.1) is 5.92 Å². The molecule has 0 fully saturated rings. The Labute approximate surface area is 105 Å². The lowest BCUT2D eigenvalue weighted by Gasteiger charge is -2.14. The zero-order valence-corrected chi connectivity index (χ0v) is 10.3. The molecule has 0 N–H and O–H groups in total. The number of esters is 1. The smallest absolute Gasteiger partial charge is 0.316 e. The molecule has 0 aromatic heterocycles. The van der Waals surface area contributed by atoms with E-state index in [0.29, 0.717) is 6.54 Å². The van der Waals surface area contributed by atoms with Gasteiger partial charge in [0.1, 0.15) is 11.6 Å². The van der Waals surface area contributed by atoms with Gasteiger partial charge in [0, 0.05) is 6.92 Å². The van der Waals surface area contributed by atoms with E-state index in [1.807, 2.05) is 30.3 Å². The van der Waals surface area contributed by atoms with Crippen molar-refractivity contribution in [1.82, 2.24) is 0 Å². The Kier molecular flexibility index (Phi) is 3.41. The van der Waals surface area contributed by atoms with Gasteiger partial charge in [-0.3, -0.25) is 14.6 Å². The largest absolute Gasteiger partial charge is 0.468 e. The maximum absolute atomic E-state index is 11.6. The van der Waals surface area contributed by atoms with E-state index < -0.39 is 11.9 Å². The van der Waals surface area contributed by atoms with Gasteiger partial charge >= 0.3 is 5.97 Å². The fraction of sp³-hybridized carbons (Fsp3) is 0.308. The molecule has 1 heterocycles. The Morgan fingerprint density at radius 3 is 2.56 bits per heavy atom. The molecule has 1 atom stereocenters. The summed E-state index contributed by atoms with van der Waals surface area (Å²) in [4.78, 5) is 23.1. The summed E-state index contributed by atoms with van der Waals surface area (Å²) in [5.41, 5.74) is 1.10. The van der Waals surface area contributed by atoms with Gasteiger partial charge in [0.25, 0.3) is 0 Å². The first kappa shape index (κ1) is 12.3. The fourth-order valence-corrected chi connectivity index (χ4v) is 1.91. The summed E-state index contributed by atoms with van der Waals surface area (Å²) in [6.45, 7) is 1.74. The van der Waals surface area contributed by atoms with Gasteiger partial charge in [-0.1, -0.05) is 18.2 Å². The number of rotatable bonds is 3. The molecule has 1 aromatic rings. The van der Waals surface area contributed by atoms with Crippen molar-refractivity contribution in [2.45, 2.75) is 6.92 Å². The number of hydrogen-bond donors (Lipinski definition) is 0. The number of carbonyl (C=O) groups is 2. The number of carbonyl (C=O) groups excluding carboxylic acids is 2. The predicted molar refractivity (Wildman–Crippen MR) is 67.4 cm³/mol. The van der Waals surface area contributed by atoms with Crippen LogP contribution in [0.25, 0.3) is 0 Å². The number of benzene rings is 1. The maximum atomic E-state index is 11.6. The summed E-state index contributed by atoms with van der Waals surface area (Å²) in [5, 5.41) is 5.86. The number of hydrogen-bond acceptors (Lipinski definition) is 5. The molecular weight excluding hydrogens is 232 g/mol. The molecule has 0 radical (unpaired) electrons. The van der Waals surface area contributed by atoms with Crippen LogP contribution in [0.5, 0.6) is 0 Å². The lowest BCUT2D eigenvalue weighted by molar-refractivity contribution is -0.142. The fourth-order valence-electron chi connectivity index (χ4n) is 1.91. The van der Waals surface area contributed by atoms with E-state index >= 15 is 0 Å². The van der Waals surface area contributed by atoms with E-state index in [0.717, 1.165) is 5.69 Å². The molecule has 0 bridgehead atoms. The minimum absolute atomic E-state index is 0.205. The first-order chi connectivity index (χ1) is 8.63. The average molecular weight is 246 g/mol. The summed E-state index contributed by atoms with van der Waals surface area (Å²) in [6, 6.07) is 9.41. The highest BCUT2D eigenvalue weighted by molar-refractivity contribution is 6.43. The molecule has 0 saturated carbocycles. The van der Waals surface area contributed by atoms with Crippen LogP contribution >= 0.6 is 0 Å². The van der Waals surface area contributed by atoms with E-state index in [-0.39, 0.29) is 11.5 Å². The Hall–Kier alpha value is -2.17. The molecule has 0 saturated heterocycles. The topological polar surface area (TPSA) is 59.0 Å². The molecule has 1 aliphatic heterocycles. The van der Waals surface area contributed by atoms with Crippen molar-refractivity contribution in [2.24, 2.45) is 11.0 Å². The lowest BCUT2D eigenvalue weighted by atomic mass is 10.0. The zero-order chi connectivity index (χ0) is 13.1. The molecule has 0 spiro atoms. The second-order valence-electron chi connectivity index (χ2n) is 4.03. The lowest BCUT2D eigenvalue weighted by Crippen LogP contribution is -2.30. The third-order valence-electron chi connectivity index (χ3n) is 2.81. The molecule has 5 nitrogen and oxygen atoms in total. The monoisotopic (exact) mass is 246 g/mol. The Balaban J connectivity index is 2.28. The second-order valence-corrected chi connectivity index (χ2v) is 4.03. The van der Waals surface area contributed by atoms with Crippen molar-refractivity contribution in [2.75, 3.05) is 18.7 Å². The van der Waals surface area contributed by atoms with Crippen molar-refractivity contribution in [1.29, 1.82) is 0 Å². The van der Waals surface area contributed by atoms with Gasteiger partial charge in [0.15, 0.2) is 5.78 Å². The molecule has 0 amide bonds. The van der Waals surface area contributed by atoms with Gasteiger partial charge in [-0.05, 0) is 12.1 Å². The van der Waals surface area contributed by atoms with Crippen LogP contribution in [0.15, 0.2) is 35.4 Å². The Morgan fingerprint density at radius 1 is 1.33 bits per heavy atom. The quantitative estimate of drug-likeness (QED) is 0.753. The van der Waals surface area contributed by atoms with Gasteiger partial charge in [-0.25, -0.2) is 0 Å². The number of Topliss-reactive ketones (excluding diaryl/α,β-unsaturated/α-hetero) is 1. The molecule has 5 heteroatoms. The third-order valence-corrected chi connectivity index (χ3v) is 2.81. The average Bonchev–Trinajstić information content (AvgIpc) is 2.84. The molecule has 94 valence electrons. The van der Waals surface area contributed by atoms with Crippen LogP contribution in [-0.4, -0.2) is 31.1 Å².